The maximum Gasteiger partial charge on any atom is 0.239 e. The van der Waals surface area contributed by atoms with Crippen LogP contribution in [0.3, 0.4) is 0 Å². The minimum Gasteiger partial charge on any atom is -0.489 e. The van der Waals surface area contributed by atoms with Crippen LogP contribution < -0.4 is 10.2 Å². The Kier molecular flexibility index (Phi) is 3.55. The van der Waals surface area contributed by atoms with E-state index in [1.54, 1.807) is 6.92 Å². The van der Waals surface area contributed by atoms with Gasteiger partial charge in [0.15, 0.2) is 11.6 Å². The highest BCUT2D eigenvalue weighted by molar-refractivity contribution is 6.04. The molecule has 0 aliphatic carbocycles. The lowest BCUT2D eigenvalue weighted by molar-refractivity contribution is -0.120. The summed E-state index contributed by atoms with van der Waals surface area (Å²) in [5.41, 5.74) is 2.99. The lowest BCUT2D eigenvalue weighted by atomic mass is 10.0. The van der Waals surface area contributed by atoms with Crippen LogP contribution in [-0.4, -0.2) is 18.2 Å². The van der Waals surface area contributed by atoms with Crippen molar-refractivity contribution < 1.29 is 18.3 Å². The molecule has 0 saturated heterocycles. The van der Waals surface area contributed by atoms with Gasteiger partial charge in [0.2, 0.25) is 5.91 Å². The van der Waals surface area contributed by atoms with Gasteiger partial charge in [0.05, 0.1) is 12.3 Å². The Morgan fingerprint density at radius 1 is 1.50 bits per heavy atom. The first-order valence-corrected chi connectivity index (χ1v) is 5.59. The second kappa shape index (κ2) is 5.12. The van der Waals surface area contributed by atoms with E-state index in [-0.39, 0.29) is 30.2 Å². The quantitative estimate of drug-likeness (QED) is 0.820. The van der Waals surface area contributed by atoms with E-state index in [9.17, 15) is 13.6 Å². The number of fused-ring (bicyclic) bond motifs is 1. The molecule has 0 atom stereocenters. The molecule has 0 saturated carbocycles. The molecule has 0 bridgehead atoms. The third kappa shape index (κ3) is 2.47. The summed E-state index contributed by atoms with van der Waals surface area (Å²) >= 11 is 0. The summed E-state index contributed by atoms with van der Waals surface area (Å²) in [7, 11) is 0. The highest BCUT2D eigenvalue weighted by Crippen LogP contribution is 2.29. The first-order chi connectivity index (χ1) is 8.61. The predicted octanol–water partition coefficient (Wildman–Crippen LogP) is 1.98. The Morgan fingerprint density at radius 3 is 3.00 bits per heavy atom. The number of hydrogen-bond acceptors (Lipinski definition) is 3. The molecule has 0 aromatic heterocycles. The molecule has 0 fully saturated rings. The number of amides is 1. The van der Waals surface area contributed by atoms with Gasteiger partial charge in [-0.2, -0.15) is 5.10 Å². The molecule has 1 N–H and O–H groups in total. The third-order valence-corrected chi connectivity index (χ3v) is 2.54. The first kappa shape index (κ1) is 12.5. The second-order valence-electron chi connectivity index (χ2n) is 3.81. The normalized spacial score (nSPS) is 16.1. The van der Waals surface area contributed by atoms with Crippen LogP contribution in [0.2, 0.25) is 0 Å². The fraction of sp³-hybridized carbons (Fsp3) is 0.333. The zero-order valence-corrected chi connectivity index (χ0v) is 9.80. The molecular weight excluding hydrogens is 242 g/mol. The summed E-state index contributed by atoms with van der Waals surface area (Å²) in [4.78, 5) is 11.1. The number of carbonyl (C=O) groups excluding carboxylic acids is 1. The maximum absolute atomic E-state index is 13.5. The summed E-state index contributed by atoms with van der Waals surface area (Å²) in [6, 6.07) is 1.90. The SMILES string of the molecule is CCC(=O)N/N=C1/CCOc2c(F)cc(F)cc21. The largest absolute Gasteiger partial charge is 0.489 e. The van der Waals surface area contributed by atoms with Gasteiger partial charge >= 0.3 is 0 Å². The van der Waals surface area contributed by atoms with Crippen molar-refractivity contribution in [1.29, 1.82) is 0 Å². The standard InChI is InChI=1S/C12H12F2N2O2/c1-2-11(17)16-15-10-3-4-18-12-8(10)5-7(13)6-9(12)14/h5-6H,2-4H2,1H3,(H,16,17)/b15-10-. The minimum absolute atomic E-state index is 0.0212. The lowest BCUT2D eigenvalue weighted by Crippen LogP contribution is -2.23. The van der Waals surface area contributed by atoms with Gasteiger partial charge in [0.25, 0.3) is 0 Å². The lowest BCUT2D eigenvalue weighted by Gasteiger charge is -2.19. The van der Waals surface area contributed by atoms with Gasteiger partial charge in [0, 0.05) is 24.5 Å². The van der Waals surface area contributed by atoms with Gasteiger partial charge in [-0.1, -0.05) is 6.92 Å². The number of nitrogens with one attached hydrogen (secondary N) is 1. The van der Waals surface area contributed by atoms with Crippen molar-refractivity contribution in [1.82, 2.24) is 5.43 Å². The number of ether oxygens (including phenoxy) is 1. The molecule has 96 valence electrons. The fourth-order valence-electron chi connectivity index (χ4n) is 1.63. The Labute approximate surface area is 103 Å². The van der Waals surface area contributed by atoms with Gasteiger partial charge < -0.3 is 4.74 Å². The van der Waals surface area contributed by atoms with Crippen LogP contribution >= 0.6 is 0 Å². The van der Waals surface area contributed by atoms with Crippen molar-refractivity contribution in [3.63, 3.8) is 0 Å². The molecular formula is C12H12F2N2O2. The molecule has 0 spiro atoms. The molecule has 6 heteroatoms. The molecule has 1 heterocycles. The number of hydrogen-bond donors (Lipinski definition) is 1. The van der Waals surface area contributed by atoms with E-state index in [1.165, 1.54) is 0 Å². The summed E-state index contributed by atoms with van der Waals surface area (Å²) < 4.78 is 31.8. The van der Waals surface area contributed by atoms with Crippen molar-refractivity contribution in [3.8, 4) is 5.75 Å². The Hall–Kier alpha value is -1.98. The Balaban J connectivity index is 2.35. The molecule has 1 aliphatic heterocycles. The minimum atomic E-state index is -0.765. The summed E-state index contributed by atoms with van der Waals surface area (Å²) in [6.45, 7) is 1.93. The molecule has 1 aromatic carbocycles. The molecule has 1 aliphatic rings. The van der Waals surface area contributed by atoms with E-state index in [4.69, 9.17) is 4.74 Å². The van der Waals surface area contributed by atoms with Crippen molar-refractivity contribution in [3.05, 3.63) is 29.3 Å². The van der Waals surface area contributed by atoms with E-state index < -0.39 is 11.6 Å². The molecule has 0 radical (unpaired) electrons. The van der Waals surface area contributed by atoms with E-state index in [1.807, 2.05) is 0 Å². The molecule has 1 amide bonds. The summed E-state index contributed by atoms with van der Waals surface area (Å²) in [5.74, 6) is -1.75. The van der Waals surface area contributed by atoms with Gasteiger partial charge in [-0.25, -0.2) is 14.2 Å². The highest BCUT2D eigenvalue weighted by Gasteiger charge is 2.22. The van der Waals surface area contributed by atoms with Crippen LogP contribution in [0.4, 0.5) is 8.78 Å². The molecule has 18 heavy (non-hydrogen) atoms. The maximum atomic E-state index is 13.5. The fourth-order valence-corrected chi connectivity index (χ4v) is 1.63. The number of nitrogens with zero attached hydrogens (tertiary/aromatic N) is 1. The van der Waals surface area contributed by atoms with Crippen molar-refractivity contribution in [2.75, 3.05) is 6.61 Å². The summed E-state index contributed by atoms with van der Waals surface area (Å²) in [5, 5.41) is 3.88. The number of hydrazone groups is 1. The van der Waals surface area contributed by atoms with E-state index in [2.05, 4.69) is 10.5 Å². The average Bonchev–Trinajstić information content (AvgIpc) is 2.36. The predicted molar refractivity (Wildman–Crippen MR) is 61.4 cm³/mol. The monoisotopic (exact) mass is 254 g/mol. The number of halogens is 2. The van der Waals surface area contributed by atoms with Crippen molar-refractivity contribution >= 4 is 11.6 Å². The highest BCUT2D eigenvalue weighted by atomic mass is 19.1. The molecule has 4 nitrogen and oxygen atoms in total. The van der Waals surface area contributed by atoms with Gasteiger partial charge in [-0.3, -0.25) is 4.79 Å². The zero-order chi connectivity index (χ0) is 13.1. The molecule has 0 unspecified atom stereocenters. The smallest absolute Gasteiger partial charge is 0.239 e. The van der Waals surface area contributed by atoms with Crippen molar-refractivity contribution in [2.24, 2.45) is 5.10 Å². The van der Waals surface area contributed by atoms with Gasteiger partial charge in [-0.15, -0.1) is 0 Å². The summed E-state index contributed by atoms with van der Waals surface area (Å²) in [6.07, 6.45) is 0.678. The Bertz CT molecular complexity index is 515. The first-order valence-electron chi connectivity index (χ1n) is 5.59. The van der Waals surface area contributed by atoms with Crippen LogP contribution in [-0.2, 0) is 4.79 Å². The van der Waals surface area contributed by atoms with Crippen LogP contribution in [0.15, 0.2) is 17.2 Å². The number of benzene rings is 1. The van der Waals surface area contributed by atoms with E-state index in [0.29, 0.717) is 12.1 Å². The van der Waals surface area contributed by atoms with E-state index >= 15 is 0 Å². The number of carbonyl (C=O) groups is 1. The van der Waals surface area contributed by atoms with Crippen LogP contribution in [0.1, 0.15) is 25.3 Å². The van der Waals surface area contributed by atoms with Crippen LogP contribution in [0.5, 0.6) is 5.75 Å². The average molecular weight is 254 g/mol. The molecule has 1 aromatic rings. The van der Waals surface area contributed by atoms with Crippen LogP contribution in [0.25, 0.3) is 0 Å². The number of rotatable bonds is 2. The second-order valence-corrected chi connectivity index (χ2v) is 3.81. The van der Waals surface area contributed by atoms with Crippen molar-refractivity contribution in [2.45, 2.75) is 19.8 Å². The van der Waals surface area contributed by atoms with E-state index in [0.717, 1.165) is 12.1 Å². The van der Waals surface area contributed by atoms with Crippen LogP contribution in [0, 0.1) is 11.6 Å². The topological polar surface area (TPSA) is 50.7 Å². The Morgan fingerprint density at radius 2 is 2.28 bits per heavy atom. The molecule has 2 rings (SSSR count). The van der Waals surface area contributed by atoms with Gasteiger partial charge in [-0.05, 0) is 6.07 Å². The zero-order valence-electron chi connectivity index (χ0n) is 9.80. The van der Waals surface area contributed by atoms with Gasteiger partial charge in [0.1, 0.15) is 5.82 Å². The third-order valence-electron chi connectivity index (χ3n) is 2.54.